The SMILES string of the molecule is CC1(C)c2ccccc2-c2c(N(c3ccccc3)c3cc(C4(c5ccccc5)c5ccccc5-c5ccccc54)cc4oc5ccccc5c34)cccc21. The second-order valence-corrected chi connectivity index (χ2v) is 15.2. The molecule has 256 valence electrons. The summed E-state index contributed by atoms with van der Waals surface area (Å²) >= 11 is 0. The lowest BCUT2D eigenvalue weighted by Crippen LogP contribution is -2.29. The maximum absolute atomic E-state index is 6.93. The first-order valence-electron chi connectivity index (χ1n) is 18.9. The Morgan fingerprint density at radius 3 is 1.72 bits per heavy atom. The number of furan rings is 1. The van der Waals surface area contributed by atoms with Gasteiger partial charge >= 0.3 is 0 Å². The quantitative estimate of drug-likeness (QED) is 0.179. The number of fused-ring (bicyclic) bond motifs is 9. The molecule has 0 radical (unpaired) electrons. The van der Waals surface area contributed by atoms with Crippen molar-refractivity contribution < 1.29 is 4.42 Å². The van der Waals surface area contributed by atoms with Gasteiger partial charge in [0, 0.05) is 22.1 Å². The number of hydrogen-bond donors (Lipinski definition) is 0. The van der Waals surface area contributed by atoms with Crippen LogP contribution in [0.4, 0.5) is 17.1 Å². The molecular weight excluding hydrogens is 655 g/mol. The second kappa shape index (κ2) is 11.4. The number of nitrogens with zero attached hydrogens (tertiary/aromatic N) is 1. The van der Waals surface area contributed by atoms with Crippen LogP contribution >= 0.6 is 0 Å². The van der Waals surface area contributed by atoms with Gasteiger partial charge in [-0.15, -0.1) is 0 Å². The summed E-state index contributed by atoms with van der Waals surface area (Å²) in [7, 11) is 0. The highest BCUT2D eigenvalue weighted by Crippen LogP contribution is 2.59. The van der Waals surface area contributed by atoms with Crippen LogP contribution in [0.15, 0.2) is 192 Å². The van der Waals surface area contributed by atoms with Gasteiger partial charge in [0.15, 0.2) is 0 Å². The fraction of sp³-hybridized carbons (Fsp3) is 0.0769. The minimum absolute atomic E-state index is 0.140. The molecule has 0 unspecified atom stereocenters. The topological polar surface area (TPSA) is 16.4 Å². The van der Waals surface area contributed by atoms with Crippen molar-refractivity contribution in [3.8, 4) is 22.3 Å². The summed E-state index contributed by atoms with van der Waals surface area (Å²) in [6.07, 6.45) is 0. The lowest BCUT2D eigenvalue weighted by Gasteiger charge is -2.35. The molecule has 0 saturated heterocycles. The highest BCUT2D eigenvalue weighted by Gasteiger charge is 2.47. The monoisotopic (exact) mass is 691 g/mol. The molecule has 2 aliphatic rings. The Labute approximate surface area is 315 Å². The van der Waals surface area contributed by atoms with Crippen LogP contribution in [-0.4, -0.2) is 0 Å². The van der Waals surface area contributed by atoms with E-state index >= 15 is 0 Å². The van der Waals surface area contributed by atoms with Crippen molar-refractivity contribution in [2.45, 2.75) is 24.7 Å². The van der Waals surface area contributed by atoms with Crippen molar-refractivity contribution in [1.82, 2.24) is 0 Å². The standard InChI is InChI=1S/C52H37NO/c1-51(2)41-26-13-11-24-39(41)49-44(51)29-17-30-45(49)53(36-20-7-4-8-21-36)46-32-35(33-48-50(46)40-25-12-16-31-47(40)54-48)52(34-18-5-3-6-19-34)42-27-14-9-22-37(42)38-23-10-15-28-43(38)52/h3-33H,1-2H3. The highest BCUT2D eigenvalue weighted by atomic mass is 16.3. The molecule has 0 atom stereocenters. The van der Waals surface area contributed by atoms with Crippen molar-refractivity contribution in [3.05, 3.63) is 221 Å². The Kier molecular flexibility index (Phi) is 6.55. The summed E-state index contributed by atoms with van der Waals surface area (Å²) in [4.78, 5) is 2.50. The number of benzene rings is 8. The van der Waals surface area contributed by atoms with Crippen molar-refractivity contribution in [2.75, 3.05) is 4.90 Å². The molecule has 11 rings (SSSR count). The van der Waals surface area contributed by atoms with Gasteiger partial charge in [-0.25, -0.2) is 0 Å². The van der Waals surface area contributed by atoms with Crippen LogP contribution in [0.2, 0.25) is 0 Å². The van der Waals surface area contributed by atoms with E-state index in [0.717, 1.165) is 39.0 Å². The molecule has 9 aromatic rings. The molecule has 0 saturated carbocycles. The van der Waals surface area contributed by atoms with Gasteiger partial charge in [-0.1, -0.05) is 166 Å². The first-order valence-corrected chi connectivity index (χ1v) is 18.9. The third kappa shape index (κ3) is 4.11. The highest BCUT2D eigenvalue weighted by molar-refractivity contribution is 6.14. The Hall–Kier alpha value is -6.64. The van der Waals surface area contributed by atoms with E-state index in [0.29, 0.717) is 0 Å². The maximum atomic E-state index is 6.93. The van der Waals surface area contributed by atoms with Gasteiger partial charge in [-0.3, -0.25) is 0 Å². The third-order valence-electron chi connectivity index (χ3n) is 12.1. The van der Waals surface area contributed by atoms with E-state index in [1.54, 1.807) is 0 Å². The molecule has 0 spiro atoms. The molecular formula is C52H37NO. The number of anilines is 3. The zero-order valence-corrected chi connectivity index (χ0v) is 30.3. The largest absolute Gasteiger partial charge is 0.456 e. The van der Waals surface area contributed by atoms with E-state index in [1.807, 2.05) is 0 Å². The smallest absolute Gasteiger partial charge is 0.137 e. The van der Waals surface area contributed by atoms with Crippen molar-refractivity contribution in [3.63, 3.8) is 0 Å². The van der Waals surface area contributed by atoms with Crippen molar-refractivity contribution in [1.29, 1.82) is 0 Å². The molecule has 0 bridgehead atoms. The minimum atomic E-state index is -0.591. The predicted octanol–water partition coefficient (Wildman–Crippen LogP) is 13.7. The summed E-state index contributed by atoms with van der Waals surface area (Å²) in [5.74, 6) is 0. The molecule has 8 aromatic carbocycles. The number of para-hydroxylation sites is 2. The van der Waals surface area contributed by atoms with Crippen LogP contribution < -0.4 is 4.90 Å². The average molecular weight is 692 g/mol. The van der Waals surface area contributed by atoms with Crippen LogP contribution in [0.25, 0.3) is 44.2 Å². The van der Waals surface area contributed by atoms with E-state index in [1.165, 1.54) is 55.6 Å². The minimum Gasteiger partial charge on any atom is -0.456 e. The van der Waals surface area contributed by atoms with Crippen LogP contribution in [0.1, 0.15) is 47.2 Å². The molecule has 2 nitrogen and oxygen atoms in total. The van der Waals surface area contributed by atoms with E-state index in [-0.39, 0.29) is 5.41 Å². The lowest BCUT2D eigenvalue weighted by atomic mass is 9.67. The van der Waals surface area contributed by atoms with Gasteiger partial charge in [0.05, 0.1) is 22.2 Å². The Balaban J connectivity index is 1.31. The Bertz CT molecular complexity index is 2870. The number of hydrogen-bond acceptors (Lipinski definition) is 2. The number of rotatable bonds is 5. The molecule has 0 amide bonds. The molecule has 0 N–H and O–H groups in total. The van der Waals surface area contributed by atoms with Gasteiger partial charge in [0.2, 0.25) is 0 Å². The first-order chi connectivity index (χ1) is 26.6. The van der Waals surface area contributed by atoms with Crippen LogP contribution in [0.5, 0.6) is 0 Å². The van der Waals surface area contributed by atoms with Crippen molar-refractivity contribution in [2.24, 2.45) is 0 Å². The zero-order chi connectivity index (χ0) is 36.0. The fourth-order valence-electron chi connectivity index (χ4n) is 9.84. The molecule has 2 heteroatoms. The van der Waals surface area contributed by atoms with E-state index in [4.69, 9.17) is 4.42 Å². The summed E-state index contributed by atoms with van der Waals surface area (Å²) in [6, 6.07) is 68.9. The Morgan fingerprint density at radius 1 is 0.426 bits per heavy atom. The van der Waals surface area contributed by atoms with Crippen LogP contribution in [0, 0.1) is 0 Å². The molecule has 1 heterocycles. The molecule has 2 aliphatic carbocycles. The lowest BCUT2D eigenvalue weighted by molar-refractivity contribution is 0.660. The van der Waals surface area contributed by atoms with Gasteiger partial charge in [0.1, 0.15) is 11.2 Å². The van der Waals surface area contributed by atoms with E-state index in [2.05, 4.69) is 207 Å². The molecule has 0 aliphatic heterocycles. The summed E-state index contributed by atoms with van der Waals surface area (Å²) < 4.78 is 6.93. The maximum Gasteiger partial charge on any atom is 0.137 e. The molecule has 54 heavy (non-hydrogen) atoms. The zero-order valence-electron chi connectivity index (χ0n) is 30.3. The molecule has 0 fully saturated rings. The summed E-state index contributed by atoms with van der Waals surface area (Å²) in [5.41, 5.74) is 17.1. The fourth-order valence-corrected chi connectivity index (χ4v) is 9.84. The van der Waals surface area contributed by atoms with Crippen LogP contribution in [-0.2, 0) is 10.8 Å². The van der Waals surface area contributed by atoms with Crippen LogP contribution in [0.3, 0.4) is 0 Å². The summed E-state index contributed by atoms with van der Waals surface area (Å²) in [5, 5.41) is 2.20. The summed E-state index contributed by atoms with van der Waals surface area (Å²) in [6.45, 7) is 4.71. The third-order valence-corrected chi connectivity index (χ3v) is 12.1. The molecule has 1 aromatic heterocycles. The van der Waals surface area contributed by atoms with Crippen molar-refractivity contribution >= 4 is 39.0 Å². The van der Waals surface area contributed by atoms with E-state index < -0.39 is 5.41 Å². The Morgan fingerprint density at radius 2 is 1.00 bits per heavy atom. The predicted molar refractivity (Wildman–Crippen MR) is 223 cm³/mol. The van der Waals surface area contributed by atoms with Gasteiger partial charge in [-0.05, 0) is 86.5 Å². The normalized spacial score (nSPS) is 14.4. The van der Waals surface area contributed by atoms with Gasteiger partial charge in [-0.2, -0.15) is 0 Å². The first kappa shape index (κ1) is 30.9. The average Bonchev–Trinajstić information content (AvgIpc) is 3.83. The van der Waals surface area contributed by atoms with Gasteiger partial charge < -0.3 is 9.32 Å². The second-order valence-electron chi connectivity index (χ2n) is 15.2. The van der Waals surface area contributed by atoms with E-state index in [9.17, 15) is 0 Å². The van der Waals surface area contributed by atoms with Gasteiger partial charge in [0.25, 0.3) is 0 Å².